The van der Waals surface area contributed by atoms with E-state index in [0.717, 1.165) is 0 Å². The molecule has 29 heavy (non-hydrogen) atoms. The first-order valence-electron chi connectivity index (χ1n) is 9.03. The molecule has 8 heteroatoms. The van der Waals surface area contributed by atoms with E-state index < -0.39 is 12.0 Å². The molecule has 1 fully saturated rings. The van der Waals surface area contributed by atoms with Crippen molar-refractivity contribution in [2.75, 3.05) is 18.1 Å². The summed E-state index contributed by atoms with van der Waals surface area (Å²) in [5.74, 6) is -0.154. The van der Waals surface area contributed by atoms with Crippen molar-refractivity contribution in [2.24, 2.45) is 5.92 Å². The summed E-state index contributed by atoms with van der Waals surface area (Å²) in [4.78, 5) is 14.2. The van der Waals surface area contributed by atoms with E-state index in [4.69, 9.17) is 4.74 Å². The van der Waals surface area contributed by atoms with Crippen LogP contribution in [-0.4, -0.2) is 36.1 Å². The number of anilines is 1. The van der Waals surface area contributed by atoms with Crippen molar-refractivity contribution in [2.45, 2.75) is 18.4 Å². The van der Waals surface area contributed by atoms with E-state index >= 15 is 0 Å². The van der Waals surface area contributed by atoms with Gasteiger partial charge in [-0.25, -0.2) is 0 Å². The summed E-state index contributed by atoms with van der Waals surface area (Å²) in [7, 11) is 0. The predicted molar refractivity (Wildman–Crippen MR) is 98.6 cm³/mol. The topological polar surface area (TPSA) is 59.0 Å². The second kappa shape index (κ2) is 7.11. The maximum absolute atomic E-state index is 12.8. The van der Waals surface area contributed by atoms with Gasteiger partial charge < -0.3 is 19.5 Å². The maximum atomic E-state index is 12.8. The molecule has 1 aliphatic heterocycles. The van der Waals surface area contributed by atoms with Gasteiger partial charge >= 0.3 is 6.36 Å². The van der Waals surface area contributed by atoms with Crippen LogP contribution in [0.1, 0.15) is 6.42 Å². The molecule has 2 atom stereocenters. The molecule has 0 bridgehead atoms. The number of ether oxygens (including phenoxy) is 2. The number of amides is 1. The Morgan fingerprint density at radius 3 is 2.38 bits per heavy atom. The average Bonchev–Trinajstić information content (AvgIpc) is 3.15. The van der Waals surface area contributed by atoms with Crippen molar-refractivity contribution in [3.05, 3.63) is 66.2 Å². The van der Waals surface area contributed by atoms with Gasteiger partial charge in [-0.3, -0.25) is 4.79 Å². The third-order valence-corrected chi connectivity index (χ3v) is 4.97. The van der Waals surface area contributed by atoms with Gasteiger partial charge in [0.05, 0.1) is 0 Å². The largest absolute Gasteiger partial charge is 0.573 e. The fourth-order valence-electron chi connectivity index (χ4n) is 3.74. The molecule has 2 aromatic carbocycles. The number of aliphatic hydroxyl groups is 1. The number of hydrogen-bond donors (Lipinski definition) is 1. The monoisotopic (exact) mass is 405 g/mol. The van der Waals surface area contributed by atoms with E-state index in [1.807, 2.05) is 18.2 Å². The Labute approximate surface area is 165 Å². The first-order chi connectivity index (χ1) is 13.7. The van der Waals surface area contributed by atoms with Crippen LogP contribution in [0, 0.1) is 5.92 Å². The number of para-hydroxylation sites is 1. The number of carbonyl (C=O) groups is 1. The molecule has 0 radical (unpaired) electrons. The van der Waals surface area contributed by atoms with E-state index in [1.54, 1.807) is 18.2 Å². The molecule has 1 amide bonds. The maximum Gasteiger partial charge on any atom is 0.573 e. The van der Waals surface area contributed by atoms with Crippen LogP contribution in [0.4, 0.5) is 18.9 Å². The minimum atomic E-state index is -4.76. The molecule has 152 valence electrons. The van der Waals surface area contributed by atoms with Crippen LogP contribution in [0.15, 0.2) is 66.2 Å². The standard InChI is InChI=1S/C21H18F3NO4/c22-21(23,24)29-17-8-6-15(7-9-17)25-12-14-10-20(27,11-18(14)19(25)26)13-28-16-4-2-1-3-5-16/h1-9,11,14,27H,10,12-13H2/t14-,20-/m0/s1. The summed E-state index contributed by atoms with van der Waals surface area (Å²) in [5.41, 5.74) is -0.259. The van der Waals surface area contributed by atoms with Crippen molar-refractivity contribution in [1.82, 2.24) is 0 Å². The second-order valence-electron chi connectivity index (χ2n) is 7.16. The Morgan fingerprint density at radius 2 is 1.76 bits per heavy atom. The van der Waals surface area contributed by atoms with Gasteiger partial charge in [0.15, 0.2) is 0 Å². The lowest BCUT2D eigenvalue weighted by molar-refractivity contribution is -0.274. The molecular weight excluding hydrogens is 387 g/mol. The van der Waals surface area contributed by atoms with Crippen molar-refractivity contribution in [3.8, 4) is 11.5 Å². The normalized spacial score (nSPS) is 23.7. The number of halogens is 3. The third kappa shape index (κ3) is 4.22. The molecule has 0 spiro atoms. The average molecular weight is 405 g/mol. The quantitative estimate of drug-likeness (QED) is 0.825. The Bertz CT molecular complexity index is 927. The summed E-state index contributed by atoms with van der Waals surface area (Å²) in [6.45, 7) is 0.381. The molecule has 2 aliphatic rings. The smallest absolute Gasteiger partial charge is 0.490 e. The van der Waals surface area contributed by atoms with Crippen LogP contribution < -0.4 is 14.4 Å². The molecule has 1 aliphatic carbocycles. The van der Waals surface area contributed by atoms with Crippen LogP contribution in [0.3, 0.4) is 0 Å². The van der Waals surface area contributed by atoms with Crippen molar-refractivity contribution >= 4 is 11.6 Å². The fourth-order valence-corrected chi connectivity index (χ4v) is 3.74. The van der Waals surface area contributed by atoms with E-state index in [2.05, 4.69) is 4.74 Å². The summed E-state index contributed by atoms with van der Waals surface area (Å²) in [5, 5.41) is 10.8. The molecule has 1 saturated heterocycles. The molecule has 1 heterocycles. The van der Waals surface area contributed by atoms with Gasteiger partial charge in [-0.05, 0) is 48.9 Å². The van der Waals surface area contributed by atoms with Crippen molar-refractivity contribution in [1.29, 1.82) is 0 Å². The predicted octanol–water partition coefficient (Wildman–Crippen LogP) is 3.69. The van der Waals surface area contributed by atoms with Gasteiger partial charge in [-0.1, -0.05) is 18.2 Å². The van der Waals surface area contributed by atoms with Gasteiger partial charge in [-0.15, -0.1) is 13.2 Å². The molecule has 1 N–H and O–H groups in total. The van der Waals surface area contributed by atoms with Crippen LogP contribution in [0.25, 0.3) is 0 Å². The molecule has 0 unspecified atom stereocenters. The Kier molecular flexibility index (Phi) is 4.74. The molecule has 4 rings (SSSR count). The summed E-state index contributed by atoms with van der Waals surface area (Å²) >= 11 is 0. The van der Waals surface area contributed by atoms with E-state index in [0.29, 0.717) is 30.0 Å². The first kappa shape index (κ1) is 19.3. The summed E-state index contributed by atoms with van der Waals surface area (Å²) < 4.78 is 46.3. The van der Waals surface area contributed by atoms with Crippen LogP contribution in [0.2, 0.25) is 0 Å². The zero-order chi connectivity index (χ0) is 20.6. The number of carbonyl (C=O) groups excluding carboxylic acids is 1. The highest BCUT2D eigenvalue weighted by molar-refractivity contribution is 6.09. The molecular formula is C21H18F3NO4. The lowest BCUT2D eigenvalue weighted by atomic mass is 9.99. The zero-order valence-corrected chi connectivity index (χ0v) is 15.2. The minimum Gasteiger partial charge on any atom is -0.490 e. The second-order valence-corrected chi connectivity index (χ2v) is 7.16. The van der Waals surface area contributed by atoms with E-state index in [-0.39, 0.29) is 24.2 Å². The molecule has 5 nitrogen and oxygen atoms in total. The summed E-state index contributed by atoms with van der Waals surface area (Å²) in [6.07, 6.45) is -2.88. The van der Waals surface area contributed by atoms with Crippen LogP contribution >= 0.6 is 0 Å². The Morgan fingerprint density at radius 1 is 1.07 bits per heavy atom. The van der Waals surface area contributed by atoms with E-state index in [9.17, 15) is 23.1 Å². The van der Waals surface area contributed by atoms with Crippen LogP contribution in [0.5, 0.6) is 11.5 Å². The van der Waals surface area contributed by atoms with Gasteiger partial charge in [0.2, 0.25) is 0 Å². The Hall–Kier alpha value is -3.00. The molecule has 0 aromatic heterocycles. The summed E-state index contributed by atoms with van der Waals surface area (Å²) in [6, 6.07) is 14.2. The zero-order valence-electron chi connectivity index (χ0n) is 15.2. The number of nitrogens with zero attached hydrogens (tertiary/aromatic N) is 1. The first-order valence-corrected chi connectivity index (χ1v) is 9.03. The molecule has 2 aromatic rings. The highest BCUT2D eigenvalue weighted by Gasteiger charge is 2.47. The SMILES string of the molecule is O=C1C2=C[C@](O)(COc3ccccc3)C[C@H]2CN1c1ccc(OC(F)(F)F)cc1. The van der Waals surface area contributed by atoms with Crippen LogP contribution in [-0.2, 0) is 4.79 Å². The third-order valence-electron chi connectivity index (χ3n) is 4.97. The van der Waals surface area contributed by atoms with E-state index in [1.165, 1.54) is 29.2 Å². The lowest BCUT2D eigenvalue weighted by Crippen LogP contribution is -2.35. The number of benzene rings is 2. The van der Waals surface area contributed by atoms with Gasteiger partial charge in [0.25, 0.3) is 5.91 Å². The number of hydrogen-bond acceptors (Lipinski definition) is 4. The van der Waals surface area contributed by atoms with Crippen molar-refractivity contribution < 1.29 is 32.5 Å². The number of fused-ring (bicyclic) bond motifs is 1. The molecule has 0 saturated carbocycles. The van der Waals surface area contributed by atoms with Gasteiger partial charge in [0.1, 0.15) is 23.7 Å². The van der Waals surface area contributed by atoms with Gasteiger partial charge in [0, 0.05) is 23.7 Å². The number of alkyl halides is 3. The highest BCUT2D eigenvalue weighted by atomic mass is 19.4. The fraction of sp³-hybridized carbons (Fsp3) is 0.286. The number of rotatable bonds is 5. The van der Waals surface area contributed by atoms with Crippen molar-refractivity contribution in [3.63, 3.8) is 0 Å². The lowest BCUT2D eigenvalue weighted by Gasteiger charge is -2.24. The highest BCUT2D eigenvalue weighted by Crippen LogP contribution is 2.41. The Balaban J connectivity index is 1.43. The minimum absolute atomic E-state index is 0.0355. The van der Waals surface area contributed by atoms with Gasteiger partial charge in [-0.2, -0.15) is 0 Å².